The molecule has 1 fully saturated rings. The first-order valence-corrected chi connectivity index (χ1v) is 12.3. The molecule has 0 aromatic heterocycles. The standard InChI is InChI=1S/C23H25N5O6S/c1-25(2)19-7-3-6-18-17(19)5-4-8-22(18)35(33,34)27-13-11-26(12-14-27)20-10-9-16(23(29)24-30)15-21(20)28(31)32/h3-10,15,30H,11-14H2,1-2H3,(H,24,29). The Morgan fingerprint density at radius 1 is 1.03 bits per heavy atom. The summed E-state index contributed by atoms with van der Waals surface area (Å²) in [5.41, 5.74) is 2.29. The number of nitro benzene ring substituents is 1. The van der Waals surface area contributed by atoms with Gasteiger partial charge in [-0.05, 0) is 24.3 Å². The lowest BCUT2D eigenvalue weighted by Gasteiger charge is -2.35. The summed E-state index contributed by atoms with van der Waals surface area (Å²) in [6.07, 6.45) is 0. The highest BCUT2D eigenvalue weighted by Gasteiger charge is 2.32. The number of carbonyl (C=O) groups is 1. The summed E-state index contributed by atoms with van der Waals surface area (Å²) in [4.78, 5) is 26.5. The fourth-order valence-electron chi connectivity index (χ4n) is 4.33. The molecule has 0 bridgehead atoms. The van der Waals surface area contributed by atoms with Gasteiger partial charge < -0.3 is 9.80 Å². The number of carbonyl (C=O) groups excluding carboxylic acids is 1. The van der Waals surface area contributed by atoms with Crippen LogP contribution in [0.4, 0.5) is 17.1 Å². The van der Waals surface area contributed by atoms with Crippen molar-refractivity contribution in [3.8, 4) is 0 Å². The van der Waals surface area contributed by atoms with Crippen molar-refractivity contribution in [1.29, 1.82) is 0 Å². The summed E-state index contributed by atoms with van der Waals surface area (Å²) in [7, 11) is -0.0111. The van der Waals surface area contributed by atoms with Gasteiger partial charge in [0.25, 0.3) is 11.6 Å². The quantitative estimate of drug-likeness (QED) is 0.300. The summed E-state index contributed by atoms with van der Waals surface area (Å²) in [5.74, 6) is -0.858. The van der Waals surface area contributed by atoms with Gasteiger partial charge in [0.1, 0.15) is 5.69 Å². The monoisotopic (exact) mass is 499 g/mol. The number of anilines is 2. The van der Waals surface area contributed by atoms with Crippen LogP contribution in [0.2, 0.25) is 0 Å². The molecule has 2 N–H and O–H groups in total. The van der Waals surface area contributed by atoms with Gasteiger partial charge in [-0.15, -0.1) is 0 Å². The number of hydrogen-bond donors (Lipinski definition) is 2. The average Bonchev–Trinajstić information content (AvgIpc) is 2.87. The molecule has 12 heteroatoms. The average molecular weight is 500 g/mol. The van der Waals surface area contributed by atoms with Crippen LogP contribution < -0.4 is 15.3 Å². The van der Waals surface area contributed by atoms with E-state index in [9.17, 15) is 23.3 Å². The summed E-state index contributed by atoms with van der Waals surface area (Å²) in [6.45, 7) is 0.753. The van der Waals surface area contributed by atoms with E-state index in [-0.39, 0.29) is 48.0 Å². The zero-order valence-corrected chi connectivity index (χ0v) is 20.0. The minimum absolute atomic E-state index is 0.0581. The highest BCUT2D eigenvalue weighted by atomic mass is 32.2. The van der Waals surface area contributed by atoms with Crippen LogP contribution in [0.15, 0.2) is 59.5 Å². The van der Waals surface area contributed by atoms with E-state index in [1.165, 1.54) is 21.9 Å². The van der Waals surface area contributed by atoms with E-state index in [4.69, 9.17) is 5.21 Å². The number of fused-ring (bicyclic) bond motifs is 1. The van der Waals surface area contributed by atoms with Crippen molar-refractivity contribution in [1.82, 2.24) is 9.79 Å². The molecule has 1 aliphatic heterocycles. The molecule has 0 radical (unpaired) electrons. The minimum atomic E-state index is -3.81. The zero-order valence-electron chi connectivity index (χ0n) is 19.2. The normalized spacial score (nSPS) is 14.7. The molecule has 1 amide bonds. The van der Waals surface area contributed by atoms with Crippen molar-refractivity contribution in [2.45, 2.75) is 4.90 Å². The number of nitrogens with zero attached hydrogens (tertiary/aromatic N) is 4. The third-order valence-electron chi connectivity index (χ3n) is 6.07. The van der Waals surface area contributed by atoms with Gasteiger partial charge in [-0.3, -0.25) is 20.1 Å². The Hall–Kier alpha value is -3.74. The first-order valence-electron chi connectivity index (χ1n) is 10.8. The molecule has 184 valence electrons. The van der Waals surface area contributed by atoms with Crippen LogP contribution in [0.1, 0.15) is 10.4 Å². The minimum Gasteiger partial charge on any atom is -0.377 e. The molecule has 35 heavy (non-hydrogen) atoms. The maximum absolute atomic E-state index is 13.6. The van der Waals surface area contributed by atoms with Crippen LogP contribution in [0.25, 0.3) is 10.8 Å². The molecule has 1 aliphatic rings. The van der Waals surface area contributed by atoms with Crippen molar-refractivity contribution < 1.29 is 23.3 Å². The van der Waals surface area contributed by atoms with Gasteiger partial charge in [-0.2, -0.15) is 4.31 Å². The summed E-state index contributed by atoms with van der Waals surface area (Å²) in [6, 6.07) is 14.7. The molecule has 0 atom stereocenters. The smallest absolute Gasteiger partial charge is 0.293 e. The second kappa shape index (κ2) is 9.49. The van der Waals surface area contributed by atoms with Crippen molar-refractivity contribution in [3.05, 3.63) is 70.3 Å². The second-order valence-corrected chi connectivity index (χ2v) is 10.2. The number of piperazine rings is 1. The molecule has 0 unspecified atom stereocenters. The van der Waals surface area contributed by atoms with Gasteiger partial charge in [0.05, 0.1) is 9.82 Å². The number of nitrogens with one attached hydrogen (secondary N) is 1. The van der Waals surface area contributed by atoms with Crippen molar-refractivity contribution in [2.24, 2.45) is 0 Å². The predicted molar refractivity (Wildman–Crippen MR) is 132 cm³/mol. The Balaban J connectivity index is 1.61. The largest absolute Gasteiger partial charge is 0.377 e. The van der Waals surface area contributed by atoms with Crippen LogP contribution >= 0.6 is 0 Å². The van der Waals surface area contributed by atoms with Crippen LogP contribution in [-0.2, 0) is 10.0 Å². The first-order chi connectivity index (χ1) is 16.6. The molecule has 11 nitrogen and oxygen atoms in total. The lowest BCUT2D eigenvalue weighted by atomic mass is 10.1. The number of benzene rings is 3. The maximum atomic E-state index is 13.6. The SMILES string of the molecule is CN(C)c1cccc2c(S(=O)(=O)N3CCN(c4ccc(C(=O)NO)cc4[N+](=O)[O-])CC3)cccc12. The van der Waals surface area contributed by atoms with Gasteiger partial charge in [-0.25, -0.2) is 13.9 Å². The number of rotatable bonds is 6. The van der Waals surface area contributed by atoms with Crippen LogP contribution in [0, 0.1) is 10.1 Å². The number of sulfonamides is 1. The molecular weight excluding hydrogens is 474 g/mol. The summed E-state index contributed by atoms with van der Waals surface area (Å²) in [5, 5.41) is 21.9. The Bertz CT molecular complexity index is 1400. The Labute approximate surface area is 202 Å². The van der Waals surface area contributed by atoms with Gasteiger partial charge >= 0.3 is 0 Å². The third kappa shape index (κ3) is 4.50. The second-order valence-electron chi connectivity index (χ2n) is 8.32. The molecule has 3 aromatic carbocycles. The van der Waals surface area contributed by atoms with E-state index in [2.05, 4.69) is 0 Å². The van der Waals surface area contributed by atoms with E-state index in [0.29, 0.717) is 5.39 Å². The lowest BCUT2D eigenvalue weighted by molar-refractivity contribution is -0.384. The Morgan fingerprint density at radius 2 is 1.69 bits per heavy atom. The van der Waals surface area contributed by atoms with Crippen LogP contribution in [-0.4, -0.2) is 69.0 Å². The predicted octanol–water partition coefficient (Wildman–Crippen LogP) is 2.44. The zero-order chi connectivity index (χ0) is 25.3. The van der Waals surface area contributed by atoms with Gasteiger partial charge in [0, 0.05) is 68.4 Å². The number of amides is 1. The highest BCUT2D eigenvalue weighted by molar-refractivity contribution is 7.89. The van der Waals surface area contributed by atoms with E-state index >= 15 is 0 Å². The Morgan fingerprint density at radius 3 is 2.31 bits per heavy atom. The summed E-state index contributed by atoms with van der Waals surface area (Å²) < 4.78 is 28.5. The van der Waals surface area contributed by atoms with E-state index in [0.717, 1.165) is 17.1 Å². The van der Waals surface area contributed by atoms with Crippen LogP contribution in [0.3, 0.4) is 0 Å². The van der Waals surface area contributed by atoms with E-state index < -0.39 is 20.9 Å². The number of nitro groups is 1. The molecule has 4 rings (SSSR count). The molecule has 0 spiro atoms. The molecule has 3 aromatic rings. The first kappa shape index (κ1) is 24.4. The number of hydroxylamine groups is 1. The summed E-state index contributed by atoms with van der Waals surface area (Å²) >= 11 is 0. The topological polar surface area (TPSA) is 136 Å². The van der Waals surface area contributed by atoms with Crippen molar-refractivity contribution >= 4 is 43.8 Å². The lowest BCUT2D eigenvalue weighted by Crippen LogP contribution is -2.48. The van der Waals surface area contributed by atoms with E-state index in [1.807, 2.05) is 37.2 Å². The fraction of sp³-hybridized carbons (Fsp3) is 0.261. The number of hydrogen-bond acceptors (Lipinski definition) is 8. The molecule has 1 heterocycles. The molecular formula is C23H25N5O6S. The molecule has 0 aliphatic carbocycles. The maximum Gasteiger partial charge on any atom is 0.293 e. The van der Waals surface area contributed by atoms with Gasteiger partial charge in [-0.1, -0.05) is 24.3 Å². The van der Waals surface area contributed by atoms with Crippen molar-refractivity contribution in [3.63, 3.8) is 0 Å². The molecule has 1 saturated heterocycles. The molecule has 0 saturated carbocycles. The highest BCUT2D eigenvalue weighted by Crippen LogP contribution is 2.34. The van der Waals surface area contributed by atoms with Gasteiger partial charge in [0.2, 0.25) is 10.0 Å². The fourth-order valence-corrected chi connectivity index (χ4v) is 5.96. The van der Waals surface area contributed by atoms with Crippen molar-refractivity contribution in [2.75, 3.05) is 50.1 Å². The van der Waals surface area contributed by atoms with Gasteiger partial charge in [0.15, 0.2) is 0 Å². The van der Waals surface area contributed by atoms with E-state index in [1.54, 1.807) is 23.1 Å². The van der Waals surface area contributed by atoms with Crippen LogP contribution in [0.5, 0.6) is 0 Å². The Kier molecular flexibility index (Phi) is 6.61. The third-order valence-corrected chi connectivity index (χ3v) is 8.03.